The van der Waals surface area contributed by atoms with E-state index in [1.807, 2.05) is 12.1 Å². The van der Waals surface area contributed by atoms with Crippen LogP contribution >= 0.6 is 11.6 Å². The second-order valence-electron chi connectivity index (χ2n) is 5.82. The summed E-state index contributed by atoms with van der Waals surface area (Å²) in [5, 5.41) is 0.866. The van der Waals surface area contributed by atoms with Gasteiger partial charge in [0.1, 0.15) is 0 Å². The Balaban J connectivity index is 2.41. The largest absolute Gasteiger partial charge is 0.364 e. The molecule has 0 spiro atoms. The first-order valence-corrected chi connectivity index (χ1v) is 7.73. The highest BCUT2D eigenvalue weighted by Gasteiger charge is 2.32. The van der Waals surface area contributed by atoms with E-state index >= 15 is 0 Å². The Morgan fingerprint density at radius 1 is 1.42 bits per heavy atom. The number of benzene rings is 1. The minimum absolute atomic E-state index is 0.162. The fraction of sp³-hybridized carbons (Fsp3) is 0.625. The van der Waals surface area contributed by atoms with Crippen molar-refractivity contribution in [2.24, 2.45) is 5.73 Å². The Hall–Kier alpha value is -0.730. The zero-order valence-corrected chi connectivity index (χ0v) is 13.0. The van der Waals surface area contributed by atoms with E-state index in [0.717, 1.165) is 11.4 Å². The van der Waals surface area contributed by atoms with Crippen LogP contribution in [0.25, 0.3) is 0 Å². The van der Waals surface area contributed by atoms with Crippen LogP contribution in [0.3, 0.4) is 0 Å². The number of nitrogens with zero attached hydrogens (tertiary/aromatic N) is 1. The van der Waals surface area contributed by atoms with Crippen LogP contribution in [0.15, 0.2) is 18.2 Å². The number of halogens is 1. The molecule has 1 saturated heterocycles. The molecule has 2 nitrogen and oxygen atoms in total. The van der Waals surface area contributed by atoms with Crippen LogP contribution in [0.4, 0.5) is 5.69 Å². The topological polar surface area (TPSA) is 29.3 Å². The number of para-hydroxylation sites is 1. The summed E-state index contributed by atoms with van der Waals surface area (Å²) in [6.07, 6.45) is 4.57. The minimum Gasteiger partial charge on any atom is -0.364 e. The van der Waals surface area contributed by atoms with Gasteiger partial charge < -0.3 is 10.6 Å². The summed E-state index contributed by atoms with van der Waals surface area (Å²) < 4.78 is 0. The van der Waals surface area contributed by atoms with Gasteiger partial charge in [0.15, 0.2) is 0 Å². The SMILES string of the molecule is CCC1CCC(C)N1c1c(Cl)cccc1CC(C)N. The van der Waals surface area contributed by atoms with E-state index < -0.39 is 0 Å². The van der Waals surface area contributed by atoms with Gasteiger partial charge in [-0.2, -0.15) is 0 Å². The van der Waals surface area contributed by atoms with Gasteiger partial charge >= 0.3 is 0 Å². The molecule has 1 fully saturated rings. The van der Waals surface area contributed by atoms with Crippen molar-refractivity contribution in [1.29, 1.82) is 0 Å². The Kier molecular flexibility index (Phi) is 4.75. The molecular weight excluding hydrogens is 256 g/mol. The fourth-order valence-electron chi connectivity index (χ4n) is 3.24. The molecule has 1 aliphatic rings. The number of hydrogen-bond donors (Lipinski definition) is 1. The maximum Gasteiger partial charge on any atom is 0.0642 e. The molecule has 0 saturated carbocycles. The molecule has 1 aromatic carbocycles. The summed E-state index contributed by atoms with van der Waals surface area (Å²) in [6.45, 7) is 6.61. The van der Waals surface area contributed by atoms with Gasteiger partial charge in [-0.05, 0) is 51.2 Å². The average molecular weight is 281 g/mol. The van der Waals surface area contributed by atoms with E-state index in [4.69, 9.17) is 17.3 Å². The van der Waals surface area contributed by atoms with Gasteiger partial charge in [0.05, 0.1) is 10.7 Å². The van der Waals surface area contributed by atoms with Crippen LogP contribution < -0.4 is 10.6 Å². The lowest BCUT2D eigenvalue weighted by atomic mass is 10.0. The number of anilines is 1. The van der Waals surface area contributed by atoms with Crippen LogP contribution in [-0.2, 0) is 6.42 Å². The number of nitrogens with two attached hydrogens (primary N) is 1. The first-order valence-electron chi connectivity index (χ1n) is 7.35. The van der Waals surface area contributed by atoms with Crippen molar-refractivity contribution in [2.45, 2.75) is 64.6 Å². The molecule has 19 heavy (non-hydrogen) atoms. The van der Waals surface area contributed by atoms with Crippen molar-refractivity contribution in [3.8, 4) is 0 Å². The molecule has 0 aromatic heterocycles. The van der Waals surface area contributed by atoms with Crippen molar-refractivity contribution in [1.82, 2.24) is 0 Å². The first-order chi connectivity index (χ1) is 9.04. The zero-order chi connectivity index (χ0) is 14.0. The molecule has 0 radical (unpaired) electrons. The van der Waals surface area contributed by atoms with Crippen molar-refractivity contribution in [3.05, 3.63) is 28.8 Å². The summed E-state index contributed by atoms with van der Waals surface area (Å²) >= 11 is 6.50. The molecule has 1 heterocycles. The fourth-order valence-corrected chi connectivity index (χ4v) is 3.53. The third kappa shape index (κ3) is 3.06. The number of rotatable bonds is 4. The molecule has 3 unspecified atom stereocenters. The molecule has 0 bridgehead atoms. The van der Waals surface area contributed by atoms with Crippen molar-refractivity contribution in [3.63, 3.8) is 0 Å². The molecule has 3 heteroatoms. The van der Waals surface area contributed by atoms with Crippen LogP contribution in [0.2, 0.25) is 5.02 Å². The van der Waals surface area contributed by atoms with Gasteiger partial charge in [-0.3, -0.25) is 0 Å². The van der Waals surface area contributed by atoms with E-state index in [0.29, 0.717) is 12.1 Å². The third-order valence-electron chi connectivity index (χ3n) is 4.13. The lowest BCUT2D eigenvalue weighted by Gasteiger charge is -2.33. The predicted octanol–water partition coefficient (Wildman–Crippen LogP) is 4.00. The summed E-state index contributed by atoms with van der Waals surface area (Å²) in [5.41, 5.74) is 8.49. The molecule has 0 aliphatic carbocycles. The molecule has 1 aliphatic heterocycles. The zero-order valence-electron chi connectivity index (χ0n) is 12.2. The second-order valence-corrected chi connectivity index (χ2v) is 6.23. The monoisotopic (exact) mass is 280 g/mol. The van der Waals surface area contributed by atoms with Gasteiger partial charge in [-0.25, -0.2) is 0 Å². The predicted molar refractivity (Wildman–Crippen MR) is 84.1 cm³/mol. The minimum atomic E-state index is 0.162. The van der Waals surface area contributed by atoms with Crippen LogP contribution in [0.1, 0.15) is 45.6 Å². The van der Waals surface area contributed by atoms with Crippen LogP contribution in [0, 0.1) is 0 Å². The van der Waals surface area contributed by atoms with Crippen molar-refractivity contribution < 1.29 is 0 Å². The van der Waals surface area contributed by atoms with Gasteiger partial charge in [-0.15, -0.1) is 0 Å². The quantitative estimate of drug-likeness (QED) is 0.903. The van der Waals surface area contributed by atoms with Crippen LogP contribution in [0.5, 0.6) is 0 Å². The third-order valence-corrected chi connectivity index (χ3v) is 4.43. The Morgan fingerprint density at radius 3 is 2.79 bits per heavy atom. The maximum absolute atomic E-state index is 6.50. The van der Waals surface area contributed by atoms with E-state index in [2.05, 4.69) is 31.7 Å². The molecule has 1 aromatic rings. The smallest absolute Gasteiger partial charge is 0.0642 e. The Bertz CT molecular complexity index is 431. The lowest BCUT2D eigenvalue weighted by molar-refractivity contribution is 0.622. The van der Waals surface area contributed by atoms with Gasteiger partial charge in [0, 0.05) is 18.1 Å². The van der Waals surface area contributed by atoms with E-state index in [9.17, 15) is 0 Å². The normalized spacial score (nSPS) is 24.8. The highest BCUT2D eigenvalue weighted by Crippen LogP contribution is 2.39. The standard InChI is InChI=1S/C16H25ClN2/c1-4-14-9-8-12(3)19(14)16-13(10-11(2)18)6-5-7-15(16)17/h5-7,11-12,14H,4,8-10,18H2,1-3H3. The second kappa shape index (κ2) is 6.15. The molecule has 2 N–H and O–H groups in total. The van der Waals surface area contributed by atoms with E-state index in [1.165, 1.54) is 30.5 Å². The molecule has 0 amide bonds. The molecule has 2 rings (SSSR count). The summed E-state index contributed by atoms with van der Waals surface area (Å²) in [6, 6.07) is 7.54. The highest BCUT2D eigenvalue weighted by atomic mass is 35.5. The Labute approximate surface area is 121 Å². The van der Waals surface area contributed by atoms with E-state index in [-0.39, 0.29) is 6.04 Å². The molecule has 106 valence electrons. The van der Waals surface area contributed by atoms with Gasteiger partial charge in [0.25, 0.3) is 0 Å². The lowest BCUT2D eigenvalue weighted by Crippen LogP contribution is -2.35. The first kappa shape index (κ1) is 14.7. The van der Waals surface area contributed by atoms with Gasteiger partial charge in [0.2, 0.25) is 0 Å². The summed E-state index contributed by atoms with van der Waals surface area (Å²) in [5.74, 6) is 0. The van der Waals surface area contributed by atoms with E-state index in [1.54, 1.807) is 0 Å². The van der Waals surface area contributed by atoms with Crippen LogP contribution in [-0.4, -0.2) is 18.1 Å². The van der Waals surface area contributed by atoms with Gasteiger partial charge in [-0.1, -0.05) is 30.7 Å². The molecular formula is C16H25ClN2. The number of hydrogen-bond acceptors (Lipinski definition) is 2. The molecule has 3 atom stereocenters. The Morgan fingerprint density at radius 2 is 2.16 bits per heavy atom. The summed E-state index contributed by atoms with van der Waals surface area (Å²) in [4.78, 5) is 2.53. The average Bonchev–Trinajstić information content (AvgIpc) is 2.70. The highest BCUT2D eigenvalue weighted by molar-refractivity contribution is 6.33. The maximum atomic E-state index is 6.50. The van der Waals surface area contributed by atoms with Crippen molar-refractivity contribution in [2.75, 3.05) is 4.90 Å². The summed E-state index contributed by atoms with van der Waals surface area (Å²) in [7, 11) is 0. The van der Waals surface area contributed by atoms with Crippen molar-refractivity contribution >= 4 is 17.3 Å².